The molecule has 0 fully saturated rings. The van der Waals surface area contributed by atoms with Crippen molar-refractivity contribution in [2.24, 2.45) is 0 Å². The van der Waals surface area contributed by atoms with Crippen LogP contribution in [0.15, 0.2) is 38.4 Å². The molecule has 0 aliphatic rings. The molecule has 0 saturated carbocycles. The first-order valence-electron chi connectivity index (χ1n) is 1.63. The Morgan fingerprint density at radius 2 is 1.00 bits per heavy atom. The van der Waals surface area contributed by atoms with E-state index in [4.69, 9.17) is 11.6 Å². The summed E-state index contributed by atoms with van der Waals surface area (Å²) in [5, 5.41) is 0. The first kappa shape index (κ1) is 16.0. The van der Waals surface area contributed by atoms with Crippen LogP contribution < -0.4 is 0 Å². The van der Waals surface area contributed by atoms with E-state index in [-0.39, 0.29) is 0 Å². The van der Waals surface area contributed by atoms with Gasteiger partial charge in [-0.1, -0.05) is 18.2 Å². The molecule has 0 bridgehead atoms. The molecule has 0 rings (SSSR count). The van der Waals surface area contributed by atoms with Crippen LogP contribution in [0.5, 0.6) is 0 Å². The van der Waals surface area contributed by atoms with E-state index in [1.54, 1.807) is 0 Å². The zero-order valence-corrected chi connectivity index (χ0v) is 5.25. The van der Waals surface area contributed by atoms with E-state index in [2.05, 4.69) is 32.9 Å². The lowest BCUT2D eigenvalue weighted by Gasteiger charge is -1.27. The Morgan fingerprint density at radius 1 is 1.00 bits per heavy atom. The highest BCUT2D eigenvalue weighted by Crippen LogP contribution is 1.60. The fraction of sp³-hybridized carbons (Fsp3) is 0. The van der Waals surface area contributed by atoms with Gasteiger partial charge in [-0.2, -0.15) is 0 Å². The molecule has 7 heavy (non-hydrogen) atoms. The van der Waals surface area contributed by atoms with Crippen molar-refractivity contribution in [2.45, 2.75) is 0 Å². The Morgan fingerprint density at radius 3 is 1.00 bits per heavy atom. The molecule has 0 radical (unpaired) electrons. The standard InChI is InChI=1S/C2H3Cl.2C2H4/c1-2-3;2*1-2/h2H,1H2;2*1-2H2. The van der Waals surface area contributed by atoms with Crippen LogP contribution in [0.2, 0.25) is 0 Å². The van der Waals surface area contributed by atoms with Gasteiger partial charge in [0.15, 0.2) is 0 Å². The first-order chi connectivity index (χ1) is 3.41. The summed E-state index contributed by atoms with van der Waals surface area (Å²) < 4.78 is 0. The predicted molar refractivity (Wildman–Crippen MR) is 38.6 cm³/mol. The largest absolute Gasteiger partial charge is 0.106 e. The third kappa shape index (κ3) is 283. The zero-order valence-electron chi connectivity index (χ0n) is 4.49. The SMILES string of the molecule is C=C.C=C.C=CCl. The molecule has 0 aliphatic heterocycles. The molecule has 0 atom stereocenters. The topological polar surface area (TPSA) is 0 Å². The van der Waals surface area contributed by atoms with Crippen LogP contribution in [0.3, 0.4) is 0 Å². The second kappa shape index (κ2) is 431. The maximum Gasteiger partial charge on any atom is -0.00296 e. The summed E-state index contributed by atoms with van der Waals surface area (Å²) in [5.41, 5.74) is 1.22. The van der Waals surface area contributed by atoms with Crippen LogP contribution in [-0.4, -0.2) is 0 Å². The molecular weight excluding hydrogens is 108 g/mol. The molecular formula is C6H11Cl. The summed E-state index contributed by atoms with van der Waals surface area (Å²) in [5.74, 6) is 0. The van der Waals surface area contributed by atoms with Gasteiger partial charge in [0.1, 0.15) is 0 Å². The molecule has 0 aromatic heterocycles. The van der Waals surface area contributed by atoms with Crippen LogP contribution >= 0.6 is 11.6 Å². The van der Waals surface area contributed by atoms with Crippen molar-refractivity contribution in [3.8, 4) is 0 Å². The van der Waals surface area contributed by atoms with E-state index in [1.807, 2.05) is 0 Å². The van der Waals surface area contributed by atoms with Crippen LogP contribution in [0.4, 0.5) is 0 Å². The Bertz CT molecular complexity index is 23.4. The molecule has 1 heteroatoms. The van der Waals surface area contributed by atoms with Gasteiger partial charge in [0.25, 0.3) is 0 Å². The summed E-state index contributed by atoms with van der Waals surface area (Å²) in [6.07, 6.45) is 0. The van der Waals surface area contributed by atoms with Gasteiger partial charge in [0.2, 0.25) is 0 Å². The third-order valence-corrected chi connectivity index (χ3v) is 0. The average Bonchev–Trinajstić information content (AvgIpc) is 1.78. The second-order valence-electron chi connectivity index (χ2n) is 0.154. The van der Waals surface area contributed by atoms with E-state index < -0.39 is 0 Å². The van der Waals surface area contributed by atoms with E-state index in [0.29, 0.717) is 0 Å². The molecule has 0 amide bonds. The summed E-state index contributed by atoms with van der Waals surface area (Å²) >= 11 is 4.76. The lowest BCUT2D eigenvalue weighted by molar-refractivity contribution is 2.63. The minimum Gasteiger partial charge on any atom is -0.106 e. The quantitative estimate of drug-likeness (QED) is 0.429. The second-order valence-corrected chi connectivity index (χ2v) is 0.463. The molecule has 0 heterocycles. The van der Waals surface area contributed by atoms with Gasteiger partial charge >= 0.3 is 0 Å². The van der Waals surface area contributed by atoms with Crippen molar-refractivity contribution in [3.63, 3.8) is 0 Å². The van der Waals surface area contributed by atoms with Gasteiger partial charge in [0.05, 0.1) is 0 Å². The van der Waals surface area contributed by atoms with E-state index in [9.17, 15) is 0 Å². The van der Waals surface area contributed by atoms with Gasteiger partial charge < -0.3 is 0 Å². The highest BCUT2D eigenvalue weighted by Gasteiger charge is 1.18. The van der Waals surface area contributed by atoms with Gasteiger partial charge in [-0.3, -0.25) is 0 Å². The number of hydrogen-bond donors (Lipinski definition) is 0. The molecule has 0 aromatic carbocycles. The minimum absolute atomic E-state index is 1.22. The number of rotatable bonds is 0. The fourth-order valence-electron chi connectivity index (χ4n) is 0. The molecule has 0 N–H and O–H groups in total. The number of halogens is 1. The van der Waals surface area contributed by atoms with E-state index >= 15 is 0 Å². The smallest absolute Gasteiger partial charge is 0.00296 e. The van der Waals surface area contributed by atoms with Gasteiger partial charge in [-0.25, -0.2) is 0 Å². The van der Waals surface area contributed by atoms with E-state index in [0.717, 1.165) is 0 Å². The molecule has 0 nitrogen and oxygen atoms in total. The molecule has 42 valence electrons. The first-order valence-corrected chi connectivity index (χ1v) is 2.06. The van der Waals surface area contributed by atoms with Crippen LogP contribution in [-0.2, 0) is 0 Å². The lowest BCUT2D eigenvalue weighted by Crippen LogP contribution is -0.926. The summed E-state index contributed by atoms with van der Waals surface area (Å²) in [6, 6.07) is 0. The highest BCUT2D eigenvalue weighted by atomic mass is 35.5. The predicted octanol–water partition coefficient (Wildman–Crippen LogP) is 2.97. The van der Waals surface area contributed by atoms with Gasteiger partial charge in [0, 0.05) is 0 Å². The van der Waals surface area contributed by atoms with Crippen molar-refractivity contribution >= 4 is 11.6 Å². The molecule has 0 saturated heterocycles. The normalized spacial score (nSPS) is 3.00. The third-order valence-electron chi connectivity index (χ3n) is 0. The van der Waals surface area contributed by atoms with Crippen LogP contribution in [0, 0.1) is 0 Å². The van der Waals surface area contributed by atoms with Gasteiger partial charge in [-0.05, 0) is 5.54 Å². The monoisotopic (exact) mass is 118 g/mol. The Kier molecular flexibility index (Phi) is 987. The van der Waals surface area contributed by atoms with Crippen molar-refractivity contribution in [1.29, 1.82) is 0 Å². The lowest BCUT2D eigenvalue weighted by atomic mass is 11.3. The van der Waals surface area contributed by atoms with Gasteiger partial charge in [-0.15, -0.1) is 26.3 Å². The highest BCUT2D eigenvalue weighted by molar-refractivity contribution is 6.25. The maximum atomic E-state index is 4.76. The maximum absolute atomic E-state index is 4.76. The summed E-state index contributed by atoms with van der Waals surface area (Å²) in [4.78, 5) is 0. The molecule has 0 unspecified atom stereocenters. The fourth-order valence-corrected chi connectivity index (χ4v) is 0. The Balaban J connectivity index is -0.0000000360. The van der Waals surface area contributed by atoms with Crippen LogP contribution in [0.1, 0.15) is 0 Å². The van der Waals surface area contributed by atoms with Crippen molar-refractivity contribution in [3.05, 3.63) is 38.4 Å². The molecule has 0 aliphatic carbocycles. The minimum atomic E-state index is 1.22. The van der Waals surface area contributed by atoms with Crippen molar-refractivity contribution in [1.82, 2.24) is 0 Å². The summed E-state index contributed by atoms with van der Waals surface area (Å²) in [7, 11) is 0. The summed E-state index contributed by atoms with van der Waals surface area (Å²) in [6.45, 7) is 15.1. The van der Waals surface area contributed by atoms with E-state index in [1.165, 1.54) is 5.54 Å². The molecule has 0 spiro atoms. The van der Waals surface area contributed by atoms with Crippen LogP contribution in [0.25, 0.3) is 0 Å². The Hall–Kier alpha value is -0.490. The van der Waals surface area contributed by atoms with Crippen molar-refractivity contribution in [2.75, 3.05) is 0 Å². The number of hydrogen-bond acceptors (Lipinski definition) is 0. The zero-order chi connectivity index (χ0) is 6.71. The molecule has 0 aromatic rings. The Labute approximate surface area is 50.8 Å². The average molecular weight is 119 g/mol. The van der Waals surface area contributed by atoms with Crippen molar-refractivity contribution < 1.29 is 0 Å².